The number of nitrogens with zero attached hydrogens (tertiary/aromatic N) is 1. The minimum atomic E-state index is -1.17. The van der Waals surface area contributed by atoms with Gasteiger partial charge in [0.1, 0.15) is 23.4 Å². The quantitative estimate of drug-likeness (QED) is 0.208. The average molecular weight is 589 g/mol. The summed E-state index contributed by atoms with van der Waals surface area (Å²) in [6, 6.07) is 2.82. The Balaban J connectivity index is 2.53. The van der Waals surface area contributed by atoms with Gasteiger partial charge in [-0.2, -0.15) is 0 Å². The van der Waals surface area contributed by atoms with Gasteiger partial charge in [-0.15, -0.1) is 0 Å². The van der Waals surface area contributed by atoms with Crippen LogP contribution >= 0.6 is 0 Å². The lowest BCUT2D eigenvalue weighted by Crippen LogP contribution is -2.54. The summed E-state index contributed by atoms with van der Waals surface area (Å²) in [7, 11) is 0. The van der Waals surface area contributed by atoms with Crippen molar-refractivity contribution in [1.29, 1.82) is 0 Å². The lowest BCUT2D eigenvalue weighted by molar-refractivity contribution is -0.143. The maximum absolute atomic E-state index is 14.3. The highest BCUT2D eigenvalue weighted by Crippen LogP contribution is 2.33. The smallest absolute Gasteiger partial charge is 0.408 e. The summed E-state index contributed by atoms with van der Waals surface area (Å²) in [5.74, 6) is -1.59. The Hall–Kier alpha value is -3.30. The van der Waals surface area contributed by atoms with Crippen LogP contribution in [0.2, 0.25) is 0 Å². The second-order valence-corrected chi connectivity index (χ2v) is 12.4. The van der Waals surface area contributed by atoms with E-state index in [0.29, 0.717) is 17.5 Å². The van der Waals surface area contributed by atoms with E-state index in [1.165, 1.54) is 4.90 Å². The van der Waals surface area contributed by atoms with Gasteiger partial charge in [-0.3, -0.25) is 14.4 Å². The topological polar surface area (TPSA) is 151 Å². The number of alkyl carbamates (subject to hydrolysis) is 1. The van der Waals surface area contributed by atoms with Gasteiger partial charge in [0.05, 0.1) is 0 Å². The highest BCUT2D eigenvalue weighted by Gasteiger charge is 2.38. The van der Waals surface area contributed by atoms with Crippen LogP contribution in [-0.2, 0) is 19.1 Å². The summed E-state index contributed by atoms with van der Waals surface area (Å²) in [5, 5.41) is 16.9. The molecule has 4 amide bonds. The Bertz CT molecular complexity index is 1050. The van der Waals surface area contributed by atoms with Crippen LogP contribution in [0.4, 0.5) is 4.79 Å². The van der Waals surface area contributed by atoms with Crippen molar-refractivity contribution < 1.29 is 29.0 Å². The molecule has 2 unspecified atom stereocenters. The van der Waals surface area contributed by atoms with E-state index in [1.54, 1.807) is 45.9 Å². The number of phenolic OH excluding ortho intramolecular Hbond substituents is 1. The van der Waals surface area contributed by atoms with Crippen LogP contribution in [0.5, 0.6) is 5.75 Å². The second-order valence-electron chi connectivity index (χ2n) is 12.4. The van der Waals surface area contributed by atoms with E-state index in [9.17, 15) is 24.3 Å². The molecule has 0 bridgehead atoms. The molecule has 1 aliphatic carbocycles. The Morgan fingerprint density at radius 2 is 1.74 bits per heavy atom. The molecule has 1 aliphatic rings. The molecule has 1 fully saturated rings. The van der Waals surface area contributed by atoms with E-state index in [4.69, 9.17) is 10.5 Å². The van der Waals surface area contributed by atoms with Crippen LogP contribution in [0.3, 0.4) is 0 Å². The fourth-order valence-electron chi connectivity index (χ4n) is 5.33. The molecule has 0 heterocycles. The van der Waals surface area contributed by atoms with Gasteiger partial charge in [0, 0.05) is 24.6 Å². The predicted octanol–water partition coefficient (Wildman–Crippen LogP) is 5.15. The molecule has 1 saturated carbocycles. The standard InChI is InChI=1S/C32H52N4O6/c1-6-7-8-9-13-21-36(30(40)25(19-20-26(33)37)35-31(41)42-32(3,4)5)27(24-18-14-15-22(2)28(24)38)29(39)34-23-16-11-10-12-17-23/h14-15,18,23,25,27,38H,6-13,16-17,19-21H2,1-5H3,(H2,33,37)(H,34,39)(H,35,41). The highest BCUT2D eigenvalue weighted by molar-refractivity contribution is 5.93. The third-order valence-electron chi connectivity index (χ3n) is 7.53. The third kappa shape index (κ3) is 11.5. The molecule has 2 rings (SSSR count). The van der Waals surface area contributed by atoms with Crippen LogP contribution in [0, 0.1) is 6.92 Å². The number of primary amides is 1. The molecule has 236 valence electrons. The Morgan fingerprint density at radius 1 is 1.07 bits per heavy atom. The molecule has 42 heavy (non-hydrogen) atoms. The fraction of sp³-hybridized carbons (Fsp3) is 0.688. The molecule has 10 nitrogen and oxygen atoms in total. The number of aryl methyl sites for hydroxylation is 1. The number of para-hydroxylation sites is 1. The van der Waals surface area contributed by atoms with Crippen LogP contribution in [0.1, 0.15) is 122 Å². The van der Waals surface area contributed by atoms with Crippen molar-refractivity contribution in [2.24, 2.45) is 5.73 Å². The van der Waals surface area contributed by atoms with E-state index < -0.39 is 35.6 Å². The first kappa shape index (κ1) is 34.9. The molecule has 10 heteroatoms. The molecule has 0 aliphatic heterocycles. The minimum Gasteiger partial charge on any atom is -0.507 e. The number of hydrogen-bond acceptors (Lipinski definition) is 6. The summed E-state index contributed by atoms with van der Waals surface area (Å²) < 4.78 is 5.40. The number of aromatic hydroxyl groups is 1. The molecular weight excluding hydrogens is 536 g/mol. The number of nitrogens with two attached hydrogens (primary N) is 1. The molecular formula is C32H52N4O6. The molecule has 5 N–H and O–H groups in total. The Labute approximate surface area is 251 Å². The van der Waals surface area contributed by atoms with Crippen molar-refractivity contribution in [3.8, 4) is 5.75 Å². The zero-order valence-corrected chi connectivity index (χ0v) is 26.2. The lowest BCUT2D eigenvalue weighted by Gasteiger charge is -2.36. The maximum Gasteiger partial charge on any atom is 0.408 e. The average Bonchev–Trinajstić information content (AvgIpc) is 2.91. The number of benzene rings is 1. The van der Waals surface area contributed by atoms with Gasteiger partial charge < -0.3 is 31.1 Å². The van der Waals surface area contributed by atoms with Gasteiger partial charge in [0.15, 0.2) is 0 Å². The van der Waals surface area contributed by atoms with Gasteiger partial charge in [-0.25, -0.2) is 4.79 Å². The van der Waals surface area contributed by atoms with Crippen molar-refractivity contribution in [3.05, 3.63) is 29.3 Å². The number of phenols is 1. The normalized spacial score (nSPS) is 15.4. The zero-order chi connectivity index (χ0) is 31.3. The summed E-state index contributed by atoms with van der Waals surface area (Å²) >= 11 is 0. The van der Waals surface area contributed by atoms with Gasteiger partial charge in [-0.1, -0.05) is 70.1 Å². The number of ether oxygens (including phenoxy) is 1. The van der Waals surface area contributed by atoms with E-state index in [2.05, 4.69) is 17.6 Å². The van der Waals surface area contributed by atoms with E-state index >= 15 is 0 Å². The maximum atomic E-state index is 14.3. The van der Waals surface area contributed by atoms with E-state index in [0.717, 1.165) is 57.8 Å². The van der Waals surface area contributed by atoms with Crippen molar-refractivity contribution in [2.45, 2.75) is 135 Å². The van der Waals surface area contributed by atoms with Crippen molar-refractivity contribution in [1.82, 2.24) is 15.5 Å². The predicted molar refractivity (Wildman–Crippen MR) is 163 cm³/mol. The highest BCUT2D eigenvalue weighted by atomic mass is 16.6. The first-order valence-electron chi connectivity index (χ1n) is 15.5. The summed E-state index contributed by atoms with van der Waals surface area (Å²) in [4.78, 5) is 54.3. The second kappa shape index (κ2) is 17.0. The molecule has 1 aromatic carbocycles. The number of nitrogens with one attached hydrogen (secondary N) is 2. The van der Waals surface area contributed by atoms with Crippen LogP contribution in [0.25, 0.3) is 0 Å². The van der Waals surface area contributed by atoms with Crippen molar-refractivity contribution in [2.75, 3.05) is 6.54 Å². The van der Waals surface area contributed by atoms with E-state index in [-0.39, 0.29) is 37.1 Å². The Kier molecular flexibility index (Phi) is 14.1. The molecule has 0 spiro atoms. The van der Waals surface area contributed by atoms with E-state index in [1.807, 2.05) is 0 Å². The van der Waals surface area contributed by atoms with Gasteiger partial charge in [0.25, 0.3) is 0 Å². The van der Waals surface area contributed by atoms with Crippen LogP contribution in [-0.4, -0.2) is 58.1 Å². The van der Waals surface area contributed by atoms with Crippen molar-refractivity contribution in [3.63, 3.8) is 0 Å². The molecule has 0 aromatic heterocycles. The number of rotatable bonds is 15. The van der Waals surface area contributed by atoms with Crippen LogP contribution in [0.15, 0.2) is 18.2 Å². The lowest BCUT2D eigenvalue weighted by atomic mass is 9.94. The number of carbonyl (C=O) groups excluding carboxylic acids is 4. The fourth-order valence-corrected chi connectivity index (χ4v) is 5.33. The molecule has 0 saturated heterocycles. The number of carbonyl (C=O) groups is 4. The molecule has 2 atom stereocenters. The van der Waals surface area contributed by atoms with Gasteiger partial charge in [-0.05, 0) is 58.9 Å². The number of unbranched alkanes of at least 4 members (excludes halogenated alkanes) is 4. The van der Waals surface area contributed by atoms with Crippen LogP contribution < -0.4 is 16.4 Å². The summed E-state index contributed by atoms with van der Waals surface area (Å²) in [6.07, 6.45) is 8.40. The Morgan fingerprint density at radius 3 is 2.36 bits per heavy atom. The first-order valence-corrected chi connectivity index (χ1v) is 15.5. The number of hydrogen-bond donors (Lipinski definition) is 4. The third-order valence-corrected chi connectivity index (χ3v) is 7.53. The monoisotopic (exact) mass is 588 g/mol. The summed E-state index contributed by atoms with van der Waals surface area (Å²) in [5.41, 5.74) is 5.50. The largest absolute Gasteiger partial charge is 0.507 e. The molecule has 1 aromatic rings. The number of amides is 4. The van der Waals surface area contributed by atoms with Gasteiger partial charge >= 0.3 is 6.09 Å². The first-order chi connectivity index (χ1) is 19.8. The SMILES string of the molecule is CCCCCCCN(C(=O)C(CCC(N)=O)NC(=O)OC(C)(C)C)C(C(=O)NC1CCCCC1)c1cccc(C)c1O. The zero-order valence-electron chi connectivity index (χ0n) is 26.2. The minimum absolute atomic E-state index is 0.0206. The summed E-state index contributed by atoms with van der Waals surface area (Å²) in [6.45, 7) is 9.21. The van der Waals surface area contributed by atoms with Gasteiger partial charge in [0.2, 0.25) is 17.7 Å². The van der Waals surface area contributed by atoms with Crippen molar-refractivity contribution >= 4 is 23.8 Å². The molecule has 0 radical (unpaired) electrons.